The molecule has 0 bridgehead atoms. The van der Waals surface area contributed by atoms with Gasteiger partial charge in [0.15, 0.2) is 0 Å². The van der Waals surface area contributed by atoms with Crippen LogP contribution >= 0.6 is 0 Å². The summed E-state index contributed by atoms with van der Waals surface area (Å²) in [6.07, 6.45) is 0.904. The molecule has 1 aliphatic rings. The second-order valence-electron chi connectivity index (χ2n) is 5.00. The zero-order valence-electron chi connectivity index (χ0n) is 9.79. The lowest BCUT2D eigenvalue weighted by Crippen LogP contribution is -2.37. The molecule has 1 heterocycles. The average Bonchev–Trinajstić information content (AvgIpc) is 2.54. The van der Waals surface area contributed by atoms with E-state index in [1.807, 2.05) is 20.8 Å². The summed E-state index contributed by atoms with van der Waals surface area (Å²) >= 11 is 0. The van der Waals surface area contributed by atoms with Gasteiger partial charge in [0.05, 0.1) is 12.5 Å². The van der Waals surface area contributed by atoms with E-state index in [2.05, 4.69) is 0 Å². The van der Waals surface area contributed by atoms with Crippen LogP contribution in [0.5, 0.6) is 0 Å². The van der Waals surface area contributed by atoms with Gasteiger partial charge >= 0.3 is 5.97 Å². The molecule has 0 saturated carbocycles. The number of ether oxygens (including phenoxy) is 2. The van der Waals surface area contributed by atoms with Gasteiger partial charge in [0, 0.05) is 13.2 Å². The van der Waals surface area contributed by atoms with Gasteiger partial charge < -0.3 is 15.2 Å². The zero-order valence-corrected chi connectivity index (χ0v) is 9.79. The Kier molecular flexibility index (Phi) is 4.11. The summed E-state index contributed by atoms with van der Waals surface area (Å²) in [4.78, 5) is 11.8. The van der Waals surface area contributed by atoms with Gasteiger partial charge in [-0.1, -0.05) is 0 Å². The topological polar surface area (TPSA) is 61.5 Å². The molecule has 1 saturated heterocycles. The van der Waals surface area contributed by atoms with E-state index in [0.717, 1.165) is 13.0 Å². The number of hydrogen-bond acceptors (Lipinski definition) is 4. The Morgan fingerprint density at radius 2 is 2.27 bits per heavy atom. The molecule has 2 atom stereocenters. The molecular formula is C11H21NO3. The normalized spacial score (nSPS) is 23.9. The molecule has 0 radical (unpaired) electrons. The van der Waals surface area contributed by atoms with Crippen molar-refractivity contribution >= 4 is 5.97 Å². The highest BCUT2D eigenvalue weighted by atomic mass is 16.6. The first-order chi connectivity index (χ1) is 6.94. The first kappa shape index (κ1) is 12.5. The van der Waals surface area contributed by atoms with E-state index in [9.17, 15) is 4.79 Å². The van der Waals surface area contributed by atoms with E-state index in [1.165, 1.54) is 0 Å². The molecule has 4 nitrogen and oxygen atoms in total. The first-order valence-corrected chi connectivity index (χ1v) is 5.44. The van der Waals surface area contributed by atoms with Gasteiger partial charge in [-0.15, -0.1) is 0 Å². The number of rotatable bonds is 3. The Labute approximate surface area is 91.1 Å². The van der Waals surface area contributed by atoms with Crippen LogP contribution in [0.1, 0.15) is 27.2 Å². The molecule has 1 rings (SSSR count). The molecule has 1 fully saturated rings. The van der Waals surface area contributed by atoms with Crippen LogP contribution in [0.3, 0.4) is 0 Å². The average molecular weight is 215 g/mol. The van der Waals surface area contributed by atoms with Gasteiger partial charge in [-0.2, -0.15) is 0 Å². The summed E-state index contributed by atoms with van der Waals surface area (Å²) in [7, 11) is 0. The molecule has 4 heteroatoms. The third kappa shape index (κ3) is 3.80. The van der Waals surface area contributed by atoms with Crippen molar-refractivity contribution in [3.63, 3.8) is 0 Å². The number of nitrogens with two attached hydrogens (primary N) is 1. The summed E-state index contributed by atoms with van der Waals surface area (Å²) in [5, 5.41) is 0. The standard InChI is InChI=1S/C11H21NO3/c1-11(2,3)15-10(13)9(6-12)8-4-5-14-7-8/h8-9H,4-7,12H2,1-3H3. The largest absolute Gasteiger partial charge is 0.460 e. The SMILES string of the molecule is CC(C)(C)OC(=O)C(CN)C1CCOC1. The van der Waals surface area contributed by atoms with Crippen molar-refractivity contribution in [1.29, 1.82) is 0 Å². The van der Waals surface area contributed by atoms with Crippen molar-refractivity contribution in [3.05, 3.63) is 0 Å². The third-order valence-electron chi connectivity index (χ3n) is 2.50. The molecule has 15 heavy (non-hydrogen) atoms. The predicted octanol–water partition coefficient (Wildman–Crippen LogP) is 0.940. The number of hydrogen-bond donors (Lipinski definition) is 1. The first-order valence-electron chi connectivity index (χ1n) is 5.44. The summed E-state index contributed by atoms with van der Waals surface area (Å²) in [5.74, 6) is -0.183. The Morgan fingerprint density at radius 3 is 2.67 bits per heavy atom. The fourth-order valence-electron chi connectivity index (χ4n) is 1.73. The maximum atomic E-state index is 11.8. The van der Waals surface area contributed by atoms with Crippen LogP contribution in [0.2, 0.25) is 0 Å². The smallest absolute Gasteiger partial charge is 0.311 e. The van der Waals surface area contributed by atoms with Gasteiger partial charge in [0.25, 0.3) is 0 Å². The molecule has 0 aliphatic carbocycles. The van der Waals surface area contributed by atoms with Gasteiger partial charge in [0.1, 0.15) is 5.60 Å². The Balaban J connectivity index is 2.53. The minimum atomic E-state index is -0.441. The molecular weight excluding hydrogens is 194 g/mol. The van der Waals surface area contributed by atoms with Crippen molar-refractivity contribution in [3.8, 4) is 0 Å². The summed E-state index contributed by atoms with van der Waals surface area (Å²) in [5.41, 5.74) is 5.18. The predicted molar refractivity (Wildman–Crippen MR) is 57.3 cm³/mol. The fourth-order valence-corrected chi connectivity index (χ4v) is 1.73. The second-order valence-corrected chi connectivity index (χ2v) is 5.00. The van der Waals surface area contributed by atoms with Crippen LogP contribution in [0.4, 0.5) is 0 Å². The fraction of sp³-hybridized carbons (Fsp3) is 0.909. The number of carbonyl (C=O) groups is 1. The molecule has 2 unspecified atom stereocenters. The summed E-state index contributed by atoms with van der Waals surface area (Å²) in [6.45, 7) is 7.28. The van der Waals surface area contributed by atoms with Crippen LogP contribution in [-0.4, -0.2) is 31.3 Å². The molecule has 1 aliphatic heterocycles. The summed E-state index contributed by atoms with van der Waals surface area (Å²) < 4.78 is 10.6. The zero-order chi connectivity index (χ0) is 11.5. The highest BCUT2D eigenvalue weighted by Crippen LogP contribution is 2.24. The Bertz CT molecular complexity index is 216. The van der Waals surface area contributed by atoms with Crippen molar-refractivity contribution < 1.29 is 14.3 Å². The molecule has 0 aromatic rings. The van der Waals surface area contributed by atoms with Crippen LogP contribution < -0.4 is 5.73 Å². The molecule has 88 valence electrons. The molecule has 0 aromatic heterocycles. The van der Waals surface area contributed by atoms with E-state index in [0.29, 0.717) is 13.2 Å². The second kappa shape index (κ2) is 4.94. The van der Waals surface area contributed by atoms with Gasteiger partial charge in [-0.3, -0.25) is 4.79 Å². The molecule has 0 spiro atoms. The van der Waals surface area contributed by atoms with Crippen molar-refractivity contribution in [2.75, 3.05) is 19.8 Å². The van der Waals surface area contributed by atoms with Gasteiger partial charge in [-0.05, 0) is 33.1 Å². The molecule has 0 amide bonds. The maximum absolute atomic E-state index is 11.8. The highest BCUT2D eigenvalue weighted by Gasteiger charge is 2.33. The van der Waals surface area contributed by atoms with E-state index in [1.54, 1.807) is 0 Å². The monoisotopic (exact) mass is 215 g/mol. The maximum Gasteiger partial charge on any atom is 0.311 e. The third-order valence-corrected chi connectivity index (χ3v) is 2.50. The van der Waals surface area contributed by atoms with Gasteiger partial charge in [0.2, 0.25) is 0 Å². The van der Waals surface area contributed by atoms with E-state index < -0.39 is 5.60 Å². The lowest BCUT2D eigenvalue weighted by molar-refractivity contribution is -0.161. The van der Waals surface area contributed by atoms with Crippen LogP contribution in [0, 0.1) is 11.8 Å². The minimum Gasteiger partial charge on any atom is -0.460 e. The lowest BCUT2D eigenvalue weighted by Gasteiger charge is -2.25. The van der Waals surface area contributed by atoms with E-state index in [4.69, 9.17) is 15.2 Å². The van der Waals surface area contributed by atoms with E-state index >= 15 is 0 Å². The Hall–Kier alpha value is -0.610. The Morgan fingerprint density at radius 1 is 1.60 bits per heavy atom. The highest BCUT2D eigenvalue weighted by molar-refractivity contribution is 5.73. The molecule has 2 N–H and O–H groups in total. The molecule has 0 aromatic carbocycles. The van der Waals surface area contributed by atoms with Gasteiger partial charge in [-0.25, -0.2) is 0 Å². The number of esters is 1. The van der Waals surface area contributed by atoms with Crippen LogP contribution in [0.15, 0.2) is 0 Å². The van der Waals surface area contributed by atoms with Crippen LogP contribution in [0.25, 0.3) is 0 Å². The number of carbonyl (C=O) groups excluding carboxylic acids is 1. The lowest BCUT2D eigenvalue weighted by atomic mass is 9.91. The van der Waals surface area contributed by atoms with Crippen LogP contribution in [-0.2, 0) is 14.3 Å². The van der Waals surface area contributed by atoms with Crippen molar-refractivity contribution in [2.24, 2.45) is 17.6 Å². The quantitative estimate of drug-likeness (QED) is 0.712. The van der Waals surface area contributed by atoms with Crippen molar-refractivity contribution in [2.45, 2.75) is 32.8 Å². The summed E-state index contributed by atoms with van der Waals surface area (Å²) in [6, 6.07) is 0. The van der Waals surface area contributed by atoms with Crippen molar-refractivity contribution in [1.82, 2.24) is 0 Å². The minimum absolute atomic E-state index is 0.194. The van der Waals surface area contributed by atoms with E-state index in [-0.39, 0.29) is 17.8 Å².